The van der Waals surface area contributed by atoms with E-state index in [2.05, 4.69) is 17.0 Å². The predicted octanol–water partition coefficient (Wildman–Crippen LogP) is 4.11. The smallest absolute Gasteiger partial charge is 0.226 e. The lowest BCUT2D eigenvalue weighted by Gasteiger charge is -2.36. The SMILES string of the molecule is O=C(CCOc1ccc(Cl)c(Cl)c1)N1CCN(c2ccccc2)CC1. The normalized spacial score (nSPS) is 14.5. The van der Waals surface area contributed by atoms with Crippen LogP contribution in [0.25, 0.3) is 0 Å². The van der Waals surface area contributed by atoms with Gasteiger partial charge in [-0.2, -0.15) is 0 Å². The predicted molar refractivity (Wildman–Crippen MR) is 102 cm³/mol. The first-order valence-electron chi connectivity index (χ1n) is 8.29. The second-order valence-electron chi connectivity index (χ2n) is 5.88. The second-order valence-corrected chi connectivity index (χ2v) is 6.69. The van der Waals surface area contributed by atoms with Crippen molar-refractivity contribution in [1.82, 2.24) is 4.90 Å². The van der Waals surface area contributed by atoms with Crippen molar-refractivity contribution in [1.29, 1.82) is 0 Å². The van der Waals surface area contributed by atoms with Gasteiger partial charge in [0, 0.05) is 37.9 Å². The summed E-state index contributed by atoms with van der Waals surface area (Å²) in [7, 11) is 0. The summed E-state index contributed by atoms with van der Waals surface area (Å²) in [6.45, 7) is 3.50. The fourth-order valence-corrected chi connectivity index (χ4v) is 3.12. The lowest BCUT2D eigenvalue weighted by molar-refractivity contribution is -0.132. The van der Waals surface area contributed by atoms with E-state index in [0.717, 1.165) is 26.2 Å². The third kappa shape index (κ3) is 4.80. The van der Waals surface area contributed by atoms with Gasteiger partial charge in [-0.15, -0.1) is 0 Å². The average Bonchev–Trinajstić information content (AvgIpc) is 2.65. The van der Waals surface area contributed by atoms with E-state index in [9.17, 15) is 4.79 Å². The number of halogens is 2. The molecule has 1 fully saturated rings. The van der Waals surface area contributed by atoms with Gasteiger partial charge in [0.15, 0.2) is 0 Å². The number of hydrogen-bond donors (Lipinski definition) is 0. The lowest BCUT2D eigenvalue weighted by atomic mass is 10.2. The van der Waals surface area contributed by atoms with Gasteiger partial charge in [-0.05, 0) is 24.3 Å². The third-order valence-corrected chi connectivity index (χ3v) is 4.97. The number of hydrogen-bond acceptors (Lipinski definition) is 3. The summed E-state index contributed by atoms with van der Waals surface area (Å²) in [5, 5.41) is 0.934. The Bertz CT molecular complexity index is 717. The molecule has 1 aliphatic heterocycles. The van der Waals surface area contributed by atoms with Gasteiger partial charge in [-0.1, -0.05) is 41.4 Å². The van der Waals surface area contributed by atoms with Crippen LogP contribution in [0.4, 0.5) is 5.69 Å². The fourth-order valence-electron chi connectivity index (χ4n) is 2.83. The molecule has 0 N–H and O–H groups in total. The summed E-state index contributed by atoms with van der Waals surface area (Å²) in [5.41, 5.74) is 1.21. The van der Waals surface area contributed by atoms with Gasteiger partial charge in [0.05, 0.1) is 23.1 Å². The number of carbonyl (C=O) groups is 1. The minimum atomic E-state index is 0.118. The van der Waals surface area contributed by atoms with Crippen molar-refractivity contribution in [2.75, 3.05) is 37.7 Å². The minimum absolute atomic E-state index is 0.118. The molecule has 25 heavy (non-hydrogen) atoms. The van der Waals surface area contributed by atoms with Crippen LogP contribution in [0.15, 0.2) is 48.5 Å². The standard InChI is InChI=1S/C19H20Cl2N2O2/c20-17-7-6-16(14-18(17)21)25-13-8-19(24)23-11-9-22(10-12-23)15-4-2-1-3-5-15/h1-7,14H,8-13H2. The topological polar surface area (TPSA) is 32.8 Å². The molecule has 0 saturated carbocycles. The molecule has 1 saturated heterocycles. The van der Waals surface area contributed by atoms with Crippen LogP contribution in [-0.2, 0) is 4.79 Å². The summed E-state index contributed by atoms with van der Waals surface area (Å²) in [5.74, 6) is 0.740. The fraction of sp³-hybridized carbons (Fsp3) is 0.316. The number of rotatable bonds is 5. The summed E-state index contributed by atoms with van der Waals surface area (Å²) < 4.78 is 5.59. The van der Waals surface area contributed by atoms with Crippen molar-refractivity contribution in [3.05, 3.63) is 58.6 Å². The Kier molecular flexibility index (Phi) is 6.05. The summed E-state index contributed by atoms with van der Waals surface area (Å²) in [4.78, 5) is 16.5. The maximum atomic E-state index is 12.3. The van der Waals surface area contributed by atoms with E-state index in [1.807, 2.05) is 23.1 Å². The molecule has 0 aromatic heterocycles. The van der Waals surface area contributed by atoms with Crippen molar-refractivity contribution >= 4 is 34.8 Å². The van der Waals surface area contributed by atoms with Crippen LogP contribution in [0.1, 0.15) is 6.42 Å². The van der Waals surface area contributed by atoms with Crippen LogP contribution in [0.3, 0.4) is 0 Å². The molecular weight excluding hydrogens is 359 g/mol. The van der Waals surface area contributed by atoms with Crippen LogP contribution in [-0.4, -0.2) is 43.6 Å². The Hall–Kier alpha value is -1.91. The Morgan fingerprint density at radius 3 is 2.36 bits per heavy atom. The monoisotopic (exact) mass is 378 g/mol. The van der Waals surface area contributed by atoms with Gasteiger partial charge >= 0.3 is 0 Å². The molecule has 4 nitrogen and oxygen atoms in total. The Balaban J connectivity index is 1.43. The van der Waals surface area contributed by atoms with Gasteiger partial charge in [0.1, 0.15) is 5.75 Å². The zero-order chi connectivity index (χ0) is 17.6. The number of carbonyl (C=O) groups excluding carboxylic acids is 1. The number of para-hydroxylation sites is 1. The molecule has 1 aliphatic rings. The van der Waals surface area contributed by atoms with Crippen molar-refractivity contribution in [3.8, 4) is 5.75 Å². The molecule has 0 radical (unpaired) electrons. The summed E-state index contributed by atoms with van der Waals surface area (Å²) in [6, 6.07) is 15.4. The highest BCUT2D eigenvalue weighted by Gasteiger charge is 2.21. The van der Waals surface area contributed by atoms with E-state index in [1.165, 1.54) is 5.69 Å². The van der Waals surface area contributed by atoms with Crippen molar-refractivity contribution in [2.24, 2.45) is 0 Å². The number of benzene rings is 2. The van der Waals surface area contributed by atoms with E-state index in [1.54, 1.807) is 18.2 Å². The van der Waals surface area contributed by atoms with E-state index >= 15 is 0 Å². The van der Waals surface area contributed by atoms with Crippen molar-refractivity contribution < 1.29 is 9.53 Å². The maximum Gasteiger partial charge on any atom is 0.226 e. The van der Waals surface area contributed by atoms with Gasteiger partial charge in [0.2, 0.25) is 5.91 Å². The molecule has 0 bridgehead atoms. The van der Waals surface area contributed by atoms with Crippen molar-refractivity contribution in [3.63, 3.8) is 0 Å². The zero-order valence-corrected chi connectivity index (χ0v) is 15.3. The highest BCUT2D eigenvalue weighted by Crippen LogP contribution is 2.26. The van der Waals surface area contributed by atoms with Crippen LogP contribution < -0.4 is 9.64 Å². The first kappa shape index (κ1) is 17.9. The van der Waals surface area contributed by atoms with Gasteiger partial charge in [0.25, 0.3) is 0 Å². The number of amides is 1. The van der Waals surface area contributed by atoms with Gasteiger partial charge < -0.3 is 14.5 Å². The summed E-state index contributed by atoms with van der Waals surface area (Å²) in [6.07, 6.45) is 0.353. The van der Waals surface area contributed by atoms with Crippen molar-refractivity contribution in [2.45, 2.75) is 6.42 Å². The molecule has 0 spiro atoms. The molecule has 3 rings (SSSR count). The second kappa shape index (κ2) is 8.45. The molecule has 2 aromatic rings. The first-order valence-corrected chi connectivity index (χ1v) is 9.05. The number of ether oxygens (including phenoxy) is 1. The molecule has 6 heteroatoms. The largest absolute Gasteiger partial charge is 0.493 e. The zero-order valence-electron chi connectivity index (χ0n) is 13.8. The quantitative estimate of drug-likeness (QED) is 0.784. The van der Waals surface area contributed by atoms with Crippen LogP contribution in [0.2, 0.25) is 10.0 Å². The Labute approximate surface area is 157 Å². The molecule has 0 atom stereocenters. The van der Waals surface area contributed by atoms with Crippen LogP contribution in [0, 0.1) is 0 Å². The average molecular weight is 379 g/mol. The van der Waals surface area contributed by atoms with E-state index in [4.69, 9.17) is 27.9 Å². The Morgan fingerprint density at radius 2 is 1.68 bits per heavy atom. The minimum Gasteiger partial charge on any atom is -0.493 e. The lowest BCUT2D eigenvalue weighted by Crippen LogP contribution is -2.49. The van der Waals surface area contributed by atoms with Crippen LogP contribution in [0.5, 0.6) is 5.75 Å². The number of nitrogens with zero attached hydrogens (tertiary/aromatic N) is 2. The molecule has 1 amide bonds. The Morgan fingerprint density at radius 1 is 0.960 bits per heavy atom. The molecule has 1 heterocycles. The van der Waals surface area contributed by atoms with Gasteiger partial charge in [-0.25, -0.2) is 0 Å². The highest BCUT2D eigenvalue weighted by molar-refractivity contribution is 6.42. The number of piperazine rings is 1. The molecular formula is C19H20Cl2N2O2. The van der Waals surface area contributed by atoms with E-state index in [0.29, 0.717) is 28.8 Å². The maximum absolute atomic E-state index is 12.3. The molecule has 0 unspecified atom stereocenters. The first-order chi connectivity index (χ1) is 12.1. The van der Waals surface area contributed by atoms with E-state index in [-0.39, 0.29) is 5.91 Å². The van der Waals surface area contributed by atoms with Gasteiger partial charge in [-0.3, -0.25) is 4.79 Å². The number of anilines is 1. The summed E-state index contributed by atoms with van der Waals surface area (Å²) >= 11 is 11.8. The highest BCUT2D eigenvalue weighted by atomic mass is 35.5. The van der Waals surface area contributed by atoms with Crippen LogP contribution >= 0.6 is 23.2 Å². The molecule has 0 aliphatic carbocycles. The van der Waals surface area contributed by atoms with E-state index < -0.39 is 0 Å². The molecule has 2 aromatic carbocycles. The third-order valence-electron chi connectivity index (χ3n) is 4.23. The molecule has 132 valence electrons.